The molecule has 1 atom stereocenters. The Morgan fingerprint density at radius 2 is 2.08 bits per heavy atom. The van der Waals surface area contributed by atoms with Gasteiger partial charge >= 0.3 is 5.97 Å². The summed E-state index contributed by atoms with van der Waals surface area (Å²) in [5.74, 6) is -0.179. The first-order valence-electron chi connectivity index (χ1n) is 8.17. The fraction of sp³-hybridized carbons (Fsp3) is 0.389. The molecule has 2 rings (SSSR count). The number of aliphatic carboxylic acids is 1. The second-order valence-electron chi connectivity index (χ2n) is 5.92. The third kappa shape index (κ3) is 4.81. The number of halogens is 2. The lowest BCUT2D eigenvalue weighted by Gasteiger charge is -2.25. The van der Waals surface area contributed by atoms with E-state index in [1.807, 2.05) is 39.0 Å². The quantitative estimate of drug-likeness (QED) is 0.259. The van der Waals surface area contributed by atoms with Crippen molar-refractivity contribution in [3.05, 3.63) is 40.5 Å². The molecule has 5 nitrogen and oxygen atoms in total. The van der Waals surface area contributed by atoms with Crippen molar-refractivity contribution in [3.63, 3.8) is 0 Å². The highest BCUT2D eigenvalue weighted by molar-refractivity contribution is 8.01. The number of aromatic nitrogens is 2. The summed E-state index contributed by atoms with van der Waals surface area (Å²) in [4.78, 5) is 20.4. The van der Waals surface area contributed by atoms with Gasteiger partial charge in [0.2, 0.25) is 0 Å². The molecule has 0 amide bonds. The molecule has 1 aromatic heterocycles. The number of rotatable bonds is 8. The summed E-state index contributed by atoms with van der Waals surface area (Å²) in [5, 5.41) is 13.5. The largest absolute Gasteiger partial charge is 0.480 e. The summed E-state index contributed by atoms with van der Waals surface area (Å²) in [6.07, 6.45) is 0.704. The van der Waals surface area contributed by atoms with E-state index in [2.05, 4.69) is 15.3 Å². The zero-order valence-corrected chi connectivity index (χ0v) is 17.2. The first-order chi connectivity index (χ1) is 12.3. The molecule has 26 heavy (non-hydrogen) atoms. The predicted octanol–water partition coefficient (Wildman–Crippen LogP) is 5.44. The minimum Gasteiger partial charge on any atom is -0.480 e. The maximum Gasteiger partial charge on any atom is 0.320 e. The lowest BCUT2D eigenvalue weighted by atomic mass is 10.0. The van der Waals surface area contributed by atoms with Crippen molar-refractivity contribution < 1.29 is 9.90 Å². The number of aryl methyl sites for hydroxylation is 1. The molecule has 0 fully saturated rings. The smallest absolute Gasteiger partial charge is 0.320 e. The maximum absolute atomic E-state index is 11.8. The van der Waals surface area contributed by atoms with Crippen LogP contribution < -0.4 is 5.32 Å². The van der Waals surface area contributed by atoms with Crippen LogP contribution in [0.3, 0.4) is 0 Å². The van der Waals surface area contributed by atoms with Crippen molar-refractivity contribution in [1.29, 1.82) is 0 Å². The summed E-state index contributed by atoms with van der Waals surface area (Å²) >= 11 is 13.0. The van der Waals surface area contributed by atoms with Gasteiger partial charge in [0.1, 0.15) is 15.7 Å². The van der Waals surface area contributed by atoms with Crippen LogP contribution in [-0.4, -0.2) is 31.7 Å². The van der Waals surface area contributed by atoms with E-state index in [9.17, 15) is 9.90 Å². The molecule has 0 saturated carbocycles. The monoisotopic (exact) mass is 413 g/mol. The molecule has 0 aliphatic heterocycles. The highest BCUT2D eigenvalue weighted by atomic mass is 35.5. The van der Waals surface area contributed by atoms with Gasteiger partial charge in [-0.15, -0.1) is 11.6 Å². The summed E-state index contributed by atoms with van der Waals surface area (Å²) in [5.41, 5.74) is 3.17. The second-order valence-corrected chi connectivity index (χ2v) is 8.04. The summed E-state index contributed by atoms with van der Waals surface area (Å²) in [6.45, 7) is 5.86. The van der Waals surface area contributed by atoms with Gasteiger partial charge in [-0.1, -0.05) is 42.4 Å². The Hall–Kier alpha value is -1.50. The topological polar surface area (TPSA) is 75.1 Å². The van der Waals surface area contributed by atoms with Crippen molar-refractivity contribution in [2.75, 3.05) is 11.2 Å². The molecule has 1 unspecified atom stereocenters. The second kappa shape index (κ2) is 8.93. The van der Waals surface area contributed by atoms with E-state index < -0.39 is 10.7 Å². The first kappa shape index (κ1) is 20.8. The Bertz CT molecular complexity index is 804. The molecule has 0 saturated heterocycles. The van der Waals surface area contributed by atoms with Gasteiger partial charge in [0.25, 0.3) is 0 Å². The minimum absolute atomic E-state index is 0.237. The number of hydrogen-bond donors (Lipinski definition) is 2. The van der Waals surface area contributed by atoms with Crippen LogP contribution in [0.1, 0.15) is 30.9 Å². The number of thioether (sulfide) groups is 1. The molecule has 0 aliphatic rings. The maximum atomic E-state index is 11.8. The minimum atomic E-state index is -1.08. The Kier molecular flexibility index (Phi) is 7.15. The van der Waals surface area contributed by atoms with E-state index >= 15 is 0 Å². The zero-order chi connectivity index (χ0) is 19.3. The molecule has 1 aromatic carbocycles. The van der Waals surface area contributed by atoms with Gasteiger partial charge < -0.3 is 10.4 Å². The van der Waals surface area contributed by atoms with E-state index in [1.165, 1.54) is 0 Å². The molecule has 8 heteroatoms. The van der Waals surface area contributed by atoms with Gasteiger partial charge in [0, 0.05) is 17.6 Å². The molecule has 0 bridgehead atoms. The van der Waals surface area contributed by atoms with Crippen LogP contribution in [-0.2, 0) is 4.79 Å². The molecule has 2 aromatic rings. The van der Waals surface area contributed by atoms with Crippen molar-refractivity contribution in [3.8, 4) is 0 Å². The number of benzene rings is 1. The number of nitrogens with one attached hydrogen (secondary N) is 1. The highest BCUT2D eigenvalue weighted by Crippen LogP contribution is 2.38. The van der Waals surface area contributed by atoms with Crippen LogP contribution in [0, 0.1) is 13.8 Å². The lowest BCUT2D eigenvalue weighted by molar-refractivity contribution is -0.140. The fourth-order valence-electron chi connectivity index (χ4n) is 2.46. The molecular weight excluding hydrogens is 393 g/mol. The predicted molar refractivity (Wildman–Crippen MR) is 108 cm³/mol. The first-order valence-corrected chi connectivity index (χ1v) is 9.90. The highest BCUT2D eigenvalue weighted by Gasteiger charge is 2.38. The van der Waals surface area contributed by atoms with Crippen molar-refractivity contribution in [2.24, 2.45) is 0 Å². The van der Waals surface area contributed by atoms with E-state index in [0.29, 0.717) is 23.8 Å². The number of carboxylic acid groups (broad SMARTS) is 1. The number of anilines is 2. The van der Waals surface area contributed by atoms with Crippen LogP contribution in [0.5, 0.6) is 0 Å². The van der Waals surface area contributed by atoms with Gasteiger partial charge in [0.15, 0.2) is 5.16 Å². The molecular formula is C18H21Cl2N3O2S. The Morgan fingerprint density at radius 1 is 1.35 bits per heavy atom. The van der Waals surface area contributed by atoms with Crippen LogP contribution >= 0.6 is 35.0 Å². The number of carboxylic acids is 1. The van der Waals surface area contributed by atoms with Crippen molar-refractivity contribution in [1.82, 2.24) is 9.97 Å². The molecule has 2 N–H and O–H groups in total. The lowest BCUT2D eigenvalue weighted by Crippen LogP contribution is -2.35. The SMILES string of the molecule is CCC(CCCl)(Sc1nc(Cl)cc(Nc2cccc(C)c2C)n1)C(=O)O. The molecule has 0 spiro atoms. The van der Waals surface area contributed by atoms with Crippen LogP contribution in [0.25, 0.3) is 0 Å². The summed E-state index contributed by atoms with van der Waals surface area (Å²) in [7, 11) is 0. The average molecular weight is 414 g/mol. The summed E-state index contributed by atoms with van der Waals surface area (Å²) in [6, 6.07) is 7.55. The van der Waals surface area contributed by atoms with E-state index in [4.69, 9.17) is 23.2 Å². The van der Waals surface area contributed by atoms with E-state index in [0.717, 1.165) is 28.6 Å². The fourth-order valence-corrected chi connectivity index (χ4v) is 4.20. The van der Waals surface area contributed by atoms with Crippen LogP contribution in [0.2, 0.25) is 5.15 Å². The van der Waals surface area contributed by atoms with Gasteiger partial charge in [-0.05, 0) is 43.9 Å². The Labute approximate surface area is 167 Å². The van der Waals surface area contributed by atoms with Crippen molar-refractivity contribution in [2.45, 2.75) is 43.5 Å². The van der Waals surface area contributed by atoms with Gasteiger partial charge in [-0.3, -0.25) is 4.79 Å². The normalized spacial score (nSPS) is 13.3. The van der Waals surface area contributed by atoms with Gasteiger partial charge in [-0.25, -0.2) is 9.97 Å². The molecule has 0 aliphatic carbocycles. The molecule has 1 heterocycles. The third-order valence-electron chi connectivity index (χ3n) is 4.29. The Morgan fingerprint density at radius 3 is 2.69 bits per heavy atom. The summed E-state index contributed by atoms with van der Waals surface area (Å²) < 4.78 is -1.08. The van der Waals surface area contributed by atoms with Crippen LogP contribution in [0.4, 0.5) is 11.5 Å². The standard InChI is InChI=1S/C18H21Cl2N3O2S/c1-4-18(8-9-19,16(24)25)26-17-22-14(20)10-15(23-17)21-13-7-5-6-11(2)12(13)3/h5-7,10H,4,8-9H2,1-3H3,(H,24,25)(H,21,22,23). The number of alkyl halides is 1. The number of nitrogens with zero attached hydrogens (tertiary/aromatic N) is 2. The number of carbonyl (C=O) groups is 1. The van der Waals surface area contributed by atoms with Gasteiger partial charge in [0.05, 0.1) is 0 Å². The van der Waals surface area contributed by atoms with Gasteiger partial charge in [-0.2, -0.15) is 0 Å². The average Bonchev–Trinajstić information content (AvgIpc) is 2.58. The van der Waals surface area contributed by atoms with Crippen molar-refractivity contribution >= 4 is 52.4 Å². The number of hydrogen-bond acceptors (Lipinski definition) is 5. The Balaban J connectivity index is 2.34. The zero-order valence-electron chi connectivity index (χ0n) is 14.8. The molecule has 0 radical (unpaired) electrons. The van der Waals surface area contributed by atoms with Crippen LogP contribution in [0.15, 0.2) is 29.4 Å². The van der Waals surface area contributed by atoms with E-state index in [-0.39, 0.29) is 11.0 Å². The third-order valence-corrected chi connectivity index (χ3v) is 6.09. The molecule has 140 valence electrons. The van der Waals surface area contributed by atoms with E-state index in [1.54, 1.807) is 6.07 Å².